The Balaban J connectivity index is 1.41. The van der Waals surface area contributed by atoms with Crippen molar-refractivity contribution in [2.24, 2.45) is 0 Å². The Kier molecular flexibility index (Phi) is 6.94. The number of thiazole rings is 1. The minimum Gasteiger partial charge on any atom is -0.268 e. The summed E-state index contributed by atoms with van der Waals surface area (Å²) in [5.74, 6) is 0.595. The van der Waals surface area contributed by atoms with E-state index in [9.17, 15) is 9.59 Å². The summed E-state index contributed by atoms with van der Waals surface area (Å²) in [7, 11) is 0. The van der Waals surface area contributed by atoms with E-state index in [4.69, 9.17) is 11.6 Å². The second kappa shape index (κ2) is 9.83. The van der Waals surface area contributed by atoms with Gasteiger partial charge in [0.1, 0.15) is 5.15 Å². The van der Waals surface area contributed by atoms with Gasteiger partial charge in [0.05, 0.1) is 16.3 Å². The van der Waals surface area contributed by atoms with Crippen LogP contribution in [0.4, 0.5) is 4.79 Å². The number of benzene rings is 2. The van der Waals surface area contributed by atoms with Gasteiger partial charge < -0.3 is 0 Å². The van der Waals surface area contributed by atoms with Gasteiger partial charge in [-0.2, -0.15) is 0 Å². The summed E-state index contributed by atoms with van der Waals surface area (Å²) in [6, 6.07) is 19.7. The summed E-state index contributed by atoms with van der Waals surface area (Å²) in [5, 5.41) is 0.0882. The number of halogens is 1. The van der Waals surface area contributed by atoms with E-state index in [0.29, 0.717) is 14.9 Å². The van der Waals surface area contributed by atoms with Gasteiger partial charge in [0.2, 0.25) is 0 Å². The van der Waals surface area contributed by atoms with E-state index >= 15 is 0 Å². The number of nitrogens with zero attached hydrogens (tertiary/aromatic N) is 2. The zero-order chi connectivity index (χ0) is 20.9. The highest BCUT2D eigenvalue weighted by atomic mass is 35.5. The molecule has 1 fully saturated rings. The molecule has 4 nitrogen and oxygen atoms in total. The maximum Gasteiger partial charge on any atom is 0.293 e. The van der Waals surface area contributed by atoms with E-state index in [1.165, 1.54) is 21.8 Å². The van der Waals surface area contributed by atoms with Gasteiger partial charge in [0.15, 0.2) is 4.34 Å². The number of hydrogen-bond acceptors (Lipinski definition) is 6. The van der Waals surface area contributed by atoms with Crippen molar-refractivity contribution in [2.75, 3.05) is 5.75 Å². The molecule has 2 heterocycles. The number of amides is 2. The van der Waals surface area contributed by atoms with E-state index in [1.54, 1.807) is 17.8 Å². The predicted molar refractivity (Wildman–Crippen MR) is 126 cm³/mol. The summed E-state index contributed by atoms with van der Waals surface area (Å²) in [6.07, 6.45) is 2.62. The van der Waals surface area contributed by atoms with Crippen molar-refractivity contribution in [2.45, 2.75) is 17.3 Å². The molecule has 1 aromatic heterocycles. The molecule has 0 bridgehead atoms. The van der Waals surface area contributed by atoms with E-state index in [0.717, 1.165) is 33.8 Å². The molecule has 1 saturated heterocycles. The lowest BCUT2D eigenvalue weighted by Crippen LogP contribution is -2.27. The van der Waals surface area contributed by atoms with Gasteiger partial charge in [-0.25, -0.2) is 4.98 Å². The molecule has 3 aromatic rings. The predicted octanol–water partition coefficient (Wildman–Crippen LogP) is 6.37. The van der Waals surface area contributed by atoms with Crippen LogP contribution >= 0.6 is 46.5 Å². The zero-order valence-electron chi connectivity index (χ0n) is 15.8. The lowest BCUT2D eigenvalue weighted by molar-refractivity contribution is -0.123. The van der Waals surface area contributed by atoms with E-state index in [1.807, 2.05) is 48.5 Å². The third-order valence-corrected chi connectivity index (χ3v) is 7.82. The van der Waals surface area contributed by atoms with Crippen molar-refractivity contribution in [1.82, 2.24) is 9.88 Å². The summed E-state index contributed by atoms with van der Waals surface area (Å²) in [4.78, 5) is 31.8. The maximum absolute atomic E-state index is 12.7. The molecule has 0 saturated carbocycles. The number of rotatable bonds is 7. The van der Waals surface area contributed by atoms with Crippen LogP contribution in [-0.2, 0) is 17.8 Å². The first-order valence-corrected chi connectivity index (χ1v) is 12.2. The van der Waals surface area contributed by atoms with Gasteiger partial charge in [0.25, 0.3) is 11.1 Å². The lowest BCUT2D eigenvalue weighted by atomic mass is 10.2. The van der Waals surface area contributed by atoms with Crippen molar-refractivity contribution in [3.05, 3.63) is 86.7 Å². The van der Waals surface area contributed by atoms with Crippen LogP contribution in [0.25, 0.3) is 6.08 Å². The van der Waals surface area contributed by atoms with Crippen molar-refractivity contribution < 1.29 is 9.59 Å². The topological polar surface area (TPSA) is 50.3 Å². The highest BCUT2D eigenvalue weighted by Gasteiger charge is 2.35. The minimum atomic E-state index is -0.295. The molecule has 0 atom stereocenters. The van der Waals surface area contributed by atoms with Crippen LogP contribution in [0.15, 0.2) is 69.9 Å². The average Bonchev–Trinajstić information content (AvgIpc) is 3.23. The fourth-order valence-electron chi connectivity index (χ4n) is 2.87. The van der Waals surface area contributed by atoms with Crippen LogP contribution in [0.1, 0.15) is 16.0 Å². The normalized spacial score (nSPS) is 15.4. The summed E-state index contributed by atoms with van der Waals surface area (Å²) in [5.41, 5.74) is 2.19. The first-order chi connectivity index (χ1) is 14.6. The van der Waals surface area contributed by atoms with Gasteiger partial charge >= 0.3 is 0 Å². The van der Waals surface area contributed by atoms with E-state index < -0.39 is 0 Å². The fraction of sp³-hybridized carbons (Fsp3) is 0.136. The van der Waals surface area contributed by atoms with Crippen LogP contribution < -0.4 is 0 Å². The van der Waals surface area contributed by atoms with Gasteiger partial charge in [-0.3, -0.25) is 14.5 Å². The molecule has 8 heteroatoms. The smallest absolute Gasteiger partial charge is 0.268 e. The van der Waals surface area contributed by atoms with Gasteiger partial charge in [-0.05, 0) is 35.4 Å². The molecular formula is C22H17ClN2O2S3. The second-order valence-corrected chi connectivity index (χ2v) is 10.2. The molecule has 0 aliphatic carbocycles. The molecule has 1 aliphatic heterocycles. The van der Waals surface area contributed by atoms with Crippen LogP contribution in [-0.4, -0.2) is 26.8 Å². The third kappa shape index (κ3) is 5.16. The highest BCUT2D eigenvalue weighted by molar-refractivity contribution is 8.18. The maximum atomic E-state index is 12.7. The molecule has 152 valence electrons. The molecule has 30 heavy (non-hydrogen) atoms. The van der Waals surface area contributed by atoms with Crippen molar-refractivity contribution in [3.8, 4) is 0 Å². The zero-order valence-corrected chi connectivity index (χ0v) is 19.0. The number of aryl methyl sites for hydroxylation is 1. The van der Waals surface area contributed by atoms with E-state index in [2.05, 4.69) is 17.1 Å². The third-order valence-electron chi connectivity index (χ3n) is 4.37. The van der Waals surface area contributed by atoms with Crippen LogP contribution in [0.2, 0.25) is 5.15 Å². The van der Waals surface area contributed by atoms with Crippen LogP contribution in [0.3, 0.4) is 0 Å². The van der Waals surface area contributed by atoms with Crippen molar-refractivity contribution >= 4 is 63.7 Å². The van der Waals surface area contributed by atoms with Crippen molar-refractivity contribution in [1.29, 1.82) is 0 Å². The van der Waals surface area contributed by atoms with Crippen molar-refractivity contribution in [3.63, 3.8) is 0 Å². The van der Waals surface area contributed by atoms with Crippen LogP contribution in [0, 0.1) is 0 Å². The molecule has 0 spiro atoms. The van der Waals surface area contributed by atoms with Gasteiger partial charge in [-0.15, -0.1) is 11.3 Å². The quantitative estimate of drug-likeness (QED) is 0.295. The summed E-state index contributed by atoms with van der Waals surface area (Å²) >= 11 is 10.3. The van der Waals surface area contributed by atoms with Gasteiger partial charge in [-0.1, -0.05) is 84.0 Å². The number of carbonyl (C=O) groups is 2. The Bertz CT molecular complexity index is 1080. The number of carbonyl (C=O) groups excluding carboxylic acids is 2. The molecule has 1 aliphatic rings. The average molecular weight is 473 g/mol. The standard InChI is InChI=1S/C22H17ClN2O2S3/c23-19-17(29-21(24-19)28-12-11-15-7-3-1-4-8-15)13-18-20(26)25(22(27)30-18)14-16-9-5-2-6-10-16/h1-10,13H,11-12,14H2/b18-13-. The molecule has 2 amide bonds. The number of aromatic nitrogens is 1. The Morgan fingerprint density at radius 3 is 2.37 bits per heavy atom. The Labute approximate surface area is 192 Å². The van der Waals surface area contributed by atoms with Gasteiger partial charge in [0, 0.05) is 5.75 Å². The SMILES string of the molecule is O=C1S/C(=C\c2sc(SCCc3ccccc3)nc2Cl)C(=O)N1Cc1ccccc1. The molecule has 4 rings (SSSR count). The largest absolute Gasteiger partial charge is 0.293 e. The molecule has 0 radical (unpaired) electrons. The molecular weight excluding hydrogens is 456 g/mol. The fourth-order valence-corrected chi connectivity index (χ4v) is 6.17. The Morgan fingerprint density at radius 2 is 1.67 bits per heavy atom. The van der Waals surface area contributed by atoms with Crippen LogP contribution in [0.5, 0.6) is 0 Å². The molecule has 0 N–H and O–H groups in total. The number of imide groups is 1. The minimum absolute atomic E-state index is 0.264. The second-order valence-electron chi connectivity index (χ2n) is 6.47. The molecule has 2 aromatic carbocycles. The molecule has 0 unspecified atom stereocenters. The first kappa shape index (κ1) is 21.2. The first-order valence-electron chi connectivity index (χ1n) is 9.22. The summed E-state index contributed by atoms with van der Waals surface area (Å²) in [6.45, 7) is 0.264. The van der Waals surface area contributed by atoms with E-state index in [-0.39, 0.29) is 17.7 Å². The number of thioether (sulfide) groups is 2. The summed E-state index contributed by atoms with van der Waals surface area (Å²) < 4.78 is 0.852. The lowest BCUT2D eigenvalue weighted by Gasteiger charge is -2.11. The highest BCUT2D eigenvalue weighted by Crippen LogP contribution is 2.37. The Hall–Kier alpha value is -2.06. The number of hydrogen-bond donors (Lipinski definition) is 0. The Morgan fingerprint density at radius 1 is 1.00 bits per heavy atom. The monoisotopic (exact) mass is 472 g/mol.